The van der Waals surface area contributed by atoms with Crippen molar-refractivity contribution in [2.45, 2.75) is 32.8 Å². The van der Waals surface area contributed by atoms with Crippen molar-refractivity contribution >= 4 is 22.6 Å². The minimum Gasteiger partial charge on any atom is -0.444 e. The van der Waals surface area contributed by atoms with Crippen LogP contribution < -0.4 is 0 Å². The number of carbonyl (C=O) groups is 1. The van der Waals surface area contributed by atoms with Gasteiger partial charge in [-0.15, -0.1) is 0 Å². The lowest BCUT2D eigenvalue weighted by Gasteiger charge is -2.29. The lowest BCUT2D eigenvalue weighted by Crippen LogP contribution is -2.39. The van der Waals surface area contributed by atoms with Gasteiger partial charge >= 0.3 is 6.09 Å². The zero-order chi connectivity index (χ0) is 16.6. The largest absolute Gasteiger partial charge is 0.444 e. The summed E-state index contributed by atoms with van der Waals surface area (Å²) in [7, 11) is 0. The monoisotopic (exact) mass is 317 g/mol. The molecular formula is C17H20FN3O2. The molecule has 0 bridgehead atoms. The van der Waals surface area contributed by atoms with Crippen LogP contribution in [0.4, 0.5) is 9.18 Å². The average Bonchev–Trinajstić information content (AvgIpc) is 2.91. The summed E-state index contributed by atoms with van der Waals surface area (Å²) in [5.74, 6) is -0.290. The first-order chi connectivity index (χ1) is 10.8. The zero-order valence-electron chi connectivity index (χ0n) is 13.5. The third kappa shape index (κ3) is 3.21. The quantitative estimate of drug-likeness (QED) is 0.872. The Morgan fingerprint density at radius 3 is 2.83 bits per heavy atom. The summed E-state index contributed by atoms with van der Waals surface area (Å²) in [6.45, 7) is 6.49. The third-order valence-corrected chi connectivity index (χ3v) is 3.70. The van der Waals surface area contributed by atoms with E-state index in [0.717, 1.165) is 5.57 Å². The lowest BCUT2D eigenvalue weighted by atomic mass is 10.0. The second kappa shape index (κ2) is 5.68. The van der Waals surface area contributed by atoms with Crippen LogP contribution in [0.25, 0.3) is 16.5 Å². The van der Waals surface area contributed by atoms with E-state index in [1.165, 1.54) is 6.07 Å². The summed E-state index contributed by atoms with van der Waals surface area (Å²) in [4.78, 5) is 13.7. The van der Waals surface area contributed by atoms with E-state index in [0.29, 0.717) is 36.1 Å². The number of nitrogens with one attached hydrogen (secondary N) is 1. The molecule has 0 fully saturated rings. The van der Waals surface area contributed by atoms with E-state index in [4.69, 9.17) is 4.74 Å². The first-order valence-corrected chi connectivity index (χ1v) is 7.65. The topological polar surface area (TPSA) is 58.2 Å². The minimum absolute atomic E-state index is 0.290. The summed E-state index contributed by atoms with van der Waals surface area (Å²) < 4.78 is 19.4. The smallest absolute Gasteiger partial charge is 0.410 e. The molecule has 2 aromatic rings. The number of nitrogens with zero attached hydrogens (tertiary/aromatic N) is 2. The molecule has 0 spiro atoms. The van der Waals surface area contributed by atoms with E-state index < -0.39 is 5.60 Å². The van der Waals surface area contributed by atoms with E-state index in [-0.39, 0.29) is 11.9 Å². The Bertz CT molecular complexity index is 774. The Hall–Kier alpha value is -2.37. The van der Waals surface area contributed by atoms with Gasteiger partial charge in [0.25, 0.3) is 0 Å². The fourth-order valence-corrected chi connectivity index (χ4v) is 2.64. The van der Waals surface area contributed by atoms with Crippen molar-refractivity contribution in [3.05, 3.63) is 35.8 Å². The Morgan fingerprint density at radius 1 is 1.39 bits per heavy atom. The molecule has 0 saturated carbocycles. The highest BCUT2D eigenvalue weighted by Crippen LogP contribution is 2.29. The average molecular weight is 317 g/mol. The predicted octanol–water partition coefficient (Wildman–Crippen LogP) is 3.73. The van der Waals surface area contributed by atoms with E-state index in [2.05, 4.69) is 10.2 Å². The summed E-state index contributed by atoms with van der Waals surface area (Å²) >= 11 is 0. The Labute approximate surface area is 134 Å². The highest BCUT2D eigenvalue weighted by molar-refractivity contribution is 5.91. The molecule has 0 atom stereocenters. The molecule has 1 aromatic heterocycles. The van der Waals surface area contributed by atoms with Crippen LogP contribution in [0.3, 0.4) is 0 Å². The highest BCUT2D eigenvalue weighted by Gasteiger charge is 2.25. The SMILES string of the molecule is CC(C)(C)OC(=O)N1CC=C(c2n[nH]c3cccc(F)c23)CC1. The molecule has 6 heteroatoms. The molecule has 0 saturated heterocycles. The molecule has 5 nitrogen and oxygen atoms in total. The Balaban J connectivity index is 1.80. The third-order valence-electron chi connectivity index (χ3n) is 3.70. The maximum Gasteiger partial charge on any atom is 0.410 e. The number of H-pyrrole nitrogens is 1. The van der Waals surface area contributed by atoms with Crippen LogP contribution in [0.1, 0.15) is 32.9 Å². The van der Waals surface area contributed by atoms with Crippen molar-refractivity contribution in [1.29, 1.82) is 0 Å². The Kier molecular flexibility index (Phi) is 3.83. The van der Waals surface area contributed by atoms with Gasteiger partial charge in [-0.25, -0.2) is 9.18 Å². The molecule has 1 aliphatic rings. The van der Waals surface area contributed by atoms with Crippen molar-refractivity contribution in [3.8, 4) is 0 Å². The minimum atomic E-state index is -0.511. The first kappa shape index (κ1) is 15.5. The van der Waals surface area contributed by atoms with Gasteiger partial charge in [0.05, 0.1) is 16.6 Å². The molecule has 1 N–H and O–H groups in total. The summed E-state index contributed by atoms with van der Waals surface area (Å²) in [6, 6.07) is 4.88. The van der Waals surface area contributed by atoms with E-state index in [9.17, 15) is 9.18 Å². The standard InChI is InChI=1S/C17H20FN3O2/c1-17(2,3)23-16(22)21-9-7-11(8-10-21)15-14-12(18)5-4-6-13(14)19-20-15/h4-7H,8-10H2,1-3H3,(H,19,20). The zero-order valence-corrected chi connectivity index (χ0v) is 13.5. The summed E-state index contributed by atoms with van der Waals surface area (Å²) in [5.41, 5.74) is 1.74. The molecule has 1 aliphatic heterocycles. The number of rotatable bonds is 1. The van der Waals surface area contributed by atoms with Gasteiger partial charge in [-0.3, -0.25) is 5.10 Å². The van der Waals surface area contributed by atoms with Gasteiger partial charge in [-0.05, 0) is 44.9 Å². The number of carbonyl (C=O) groups excluding carboxylic acids is 1. The molecular weight excluding hydrogens is 297 g/mol. The van der Waals surface area contributed by atoms with Gasteiger partial charge in [-0.1, -0.05) is 12.1 Å². The van der Waals surface area contributed by atoms with Crippen LogP contribution in [0.15, 0.2) is 24.3 Å². The van der Waals surface area contributed by atoms with E-state index >= 15 is 0 Å². The molecule has 1 amide bonds. The van der Waals surface area contributed by atoms with Crippen molar-refractivity contribution < 1.29 is 13.9 Å². The molecule has 23 heavy (non-hydrogen) atoms. The highest BCUT2D eigenvalue weighted by atomic mass is 19.1. The van der Waals surface area contributed by atoms with Crippen LogP contribution in [0.5, 0.6) is 0 Å². The van der Waals surface area contributed by atoms with Crippen LogP contribution in [-0.2, 0) is 4.74 Å². The van der Waals surface area contributed by atoms with Gasteiger partial charge in [-0.2, -0.15) is 5.10 Å². The maximum atomic E-state index is 14.1. The molecule has 0 radical (unpaired) electrons. The van der Waals surface area contributed by atoms with Crippen LogP contribution in [0, 0.1) is 5.82 Å². The number of hydrogen-bond acceptors (Lipinski definition) is 3. The second-order valence-electron chi connectivity index (χ2n) is 6.64. The van der Waals surface area contributed by atoms with Gasteiger partial charge in [0.15, 0.2) is 0 Å². The number of ether oxygens (including phenoxy) is 1. The van der Waals surface area contributed by atoms with Crippen LogP contribution in [0.2, 0.25) is 0 Å². The summed E-state index contributed by atoms with van der Waals surface area (Å²) in [6.07, 6.45) is 2.20. The normalized spacial score (nSPS) is 15.7. The number of amides is 1. The molecule has 0 unspecified atom stereocenters. The first-order valence-electron chi connectivity index (χ1n) is 7.65. The maximum absolute atomic E-state index is 14.1. The van der Waals surface area contributed by atoms with E-state index in [1.54, 1.807) is 17.0 Å². The number of halogens is 1. The van der Waals surface area contributed by atoms with Crippen molar-refractivity contribution in [2.75, 3.05) is 13.1 Å². The fraction of sp³-hybridized carbons (Fsp3) is 0.412. The van der Waals surface area contributed by atoms with Gasteiger partial charge < -0.3 is 9.64 Å². The van der Waals surface area contributed by atoms with Crippen LogP contribution in [-0.4, -0.2) is 39.9 Å². The summed E-state index contributed by atoms with van der Waals surface area (Å²) in [5, 5.41) is 7.60. The number of aromatic amines is 1. The number of fused-ring (bicyclic) bond motifs is 1. The van der Waals surface area contributed by atoms with Crippen molar-refractivity contribution in [2.24, 2.45) is 0 Å². The lowest BCUT2D eigenvalue weighted by molar-refractivity contribution is 0.0270. The van der Waals surface area contributed by atoms with Gasteiger partial charge in [0.1, 0.15) is 11.4 Å². The number of aromatic nitrogens is 2. The molecule has 3 rings (SSSR count). The predicted molar refractivity (Wildman–Crippen MR) is 86.5 cm³/mol. The number of hydrogen-bond donors (Lipinski definition) is 1. The van der Waals surface area contributed by atoms with Gasteiger partial charge in [0, 0.05) is 13.1 Å². The molecule has 1 aromatic carbocycles. The van der Waals surface area contributed by atoms with Gasteiger partial charge in [0.2, 0.25) is 0 Å². The van der Waals surface area contributed by atoms with Crippen molar-refractivity contribution in [3.63, 3.8) is 0 Å². The Morgan fingerprint density at radius 2 is 2.17 bits per heavy atom. The van der Waals surface area contributed by atoms with E-state index in [1.807, 2.05) is 26.8 Å². The second-order valence-corrected chi connectivity index (χ2v) is 6.64. The molecule has 122 valence electrons. The molecule has 2 heterocycles. The molecule has 0 aliphatic carbocycles. The number of benzene rings is 1. The van der Waals surface area contributed by atoms with Crippen LogP contribution >= 0.6 is 0 Å². The fourth-order valence-electron chi connectivity index (χ4n) is 2.64. The van der Waals surface area contributed by atoms with Crippen molar-refractivity contribution in [1.82, 2.24) is 15.1 Å².